The number of aromatic nitrogens is 3. The Morgan fingerprint density at radius 3 is 2.71 bits per heavy atom. The number of pyridine rings is 1. The third-order valence-corrected chi connectivity index (χ3v) is 6.41. The number of aromatic hydroxyl groups is 1. The number of aryl methyl sites for hydroxylation is 1. The lowest BCUT2D eigenvalue weighted by Crippen LogP contribution is -2.22. The molecule has 0 aliphatic carbocycles. The lowest BCUT2D eigenvalue weighted by atomic mass is 10.0. The van der Waals surface area contributed by atoms with E-state index in [9.17, 15) is 19.1 Å². The highest BCUT2D eigenvalue weighted by molar-refractivity contribution is 6.11. The molecule has 0 spiro atoms. The third kappa shape index (κ3) is 5.02. The molecule has 1 aromatic carbocycles. The smallest absolute Gasteiger partial charge is 0.257 e. The van der Waals surface area contributed by atoms with Crippen molar-refractivity contribution in [2.75, 3.05) is 11.9 Å². The number of rotatable bonds is 7. The van der Waals surface area contributed by atoms with Crippen molar-refractivity contribution in [2.24, 2.45) is 7.05 Å². The van der Waals surface area contributed by atoms with Crippen LogP contribution in [0, 0.1) is 11.6 Å². The SMILES string of the molecule is CC(=O)c1cc(C(=O)Nc2cc(COC3CCCCO3)cc(-c3cnn(C)c3)c2F)c2cc(O)c(F)cn12. The van der Waals surface area contributed by atoms with Crippen molar-refractivity contribution < 1.29 is 33.0 Å². The molecule has 4 aromatic rings. The van der Waals surface area contributed by atoms with Crippen LogP contribution in [0.2, 0.25) is 0 Å². The Kier molecular flexibility index (Phi) is 6.96. The Labute approximate surface area is 216 Å². The molecule has 1 atom stereocenters. The van der Waals surface area contributed by atoms with Crippen LogP contribution in [0.5, 0.6) is 5.75 Å². The number of halogens is 2. The molecule has 0 bridgehead atoms. The van der Waals surface area contributed by atoms with Gasteiger partial charge in [-0.05, 0) is 43.0 Å². The predicted molar refractivity (Wildman–Crippen MR) is 134 cm³/mol. The summed E-state index contributed by atoms with van der Waals surface area (Å²) in [6, 6.07) is 5.42. The van der Waals surface area contributed by atoms with Crippen molar-refractivity contribution in [3.8, 4) is 16.9 Å². The second-order valence-electron chi connectivity index (χ2n) is 9.23. The topological polar surface area (TPSA) is 107 Å². The number of nitrogens with one attached hydrogen (secondary N) is 1. The summed E-state index contributed by atoms with van der Waals surface area (Å²) in [5.74, 6) is -3.49. The van der Waals surface area contributed by atoms with Crippen molar-refractivity contribution in [1.82, 2.24) is 14.2 Å². The van der Waals surface area contributed by atoms with Gasteiger partial charge in [-0.2, -0.15) is 5.10 Å². The quantitative estimate of drug-likeness (QED) is 0.336. The fourth-order valence-electron chi connectivity index (χ4n) is 4.51. The van der Waals surface area contributed by atoms with E-state index in [1.165, 1.54) is 34.3 Å². The van der Waals surface area contributed by atoms with Crippen LogP contribution in [0.3, 0.4) is 0 Å². The summed E-state index contributed by atoms with van der Waals surface area (Å²) in [5, 5.41) is 16.6. The minimum Gasteiger partial charge on any atom is -0.505 e. The van der Waals surface area contributed by atoms with Crippen molar-refractivity contribution in [3.63, 3.8) is 0 Å². The number of anilines is 1. The van der Waals surface area contributed by atoms with Gasteiger partial charge in [-0.25, -0.2) is 8.78 Å². The molecule has 11 heteroatoms. The maximum absolute atomic E-state index is 15.7. The van der Waals surface area contributed by atoms with E-state index >= 15 is 4.39 Å². The van der Waals surface area contributed by atoms with E-state index in [4.69, 9.17) is 9.47 Å². The van der Waals surface area contributed by atoms with Gasteiger partial charge in [-0.15, -0.1) is 0 Å². The van der Waals surface area contributed by atoms with E-state index < -0.39 is 29.1 Å². The van der Waals surface area contributed by atoms with E-state index in [1.807, 2.05) is 0 Å². The van der Waals surface area contributed by atoms with Crippen LogP contribution >= 0.6 is 0 Å². The molecule has 5 rings (SSSR count). The maximum atomic E-state index is 15.7. The van der Waals surface area contributed by atoms with Crippen molar-refractivity contribution in [3.05, 3.63) is 71.3 Å². The first-order valence-electron chi connectivity index (χ1n) is 12.1. The molecule has 2 N–H and O–H groups in total. The normalized spacial score (nSPS) is 15.6. The van der Waals surface area contributed by atoms with Crippen LogP contribution in [0.15, 0.2) is 42.9 Å². The van der Waals surface area contributed by atoms with Crippen LogP contribution in [-0.2, 0) is 23.1 Å². The summed E-state index contributed by atoms with van der Waals surface area (Å²) >= 11 is 0. The number of nitrogens with zero attached hydrogens (tertiary/aromatic N) is 3. The molecule has 1 unspecified atom stereocenters. The van der Waals surface area contributed by atoms with E-state index in [0.29, 0.717) is 17.7 Å². The molecule has 3 aromatic heterocycles. The molecule has 1 aliphatic rings. The second-order valence-corrected chi connectivity index (χ2v) is 9.23. The van der Waals surface area contributed by atoms with Crippen LogP contribution in [0.25, 0.3) is 16.6 Å². The van der Waals surface area contributed by atoms with E-state index in [1.54, 1.807) is 19.3 Å². The van der Waals surface area contributed by atoms with E-state index in [-0.39, 0.29) is 40.9 Å². The first kappa shape index (κ1) is 25.6. The van der Waals surface area contributed by atoms with E-state index in [2.05, 4.69) is 10.4 Å². The monoisotopic (exact) mass is 524 g/mol. The summed E-state index contributed by atoms with van der Waals surface area (Å²) in [7, 11) is 1.71. The Morgan fingerprint density at radius 2 is 2.03 bits per heavy atom. The van der Waals surface area contributed by atoms with Gasteiger partial charge in [-0.3, -0.25) is 14.3 Å². The van der Waals surface area contributed by atoms with Gasteiger partial charge in [0.15, 0.2) is 29.5 Å². The lowest BCUT2D eigenvalue weighted by Gasteiger charge is -2.23. The number of benzene rings is 1. The third-order valence-electron chi connectivity index (χ3n) is 6.41. The molecular formula is C27H26F2N4O5. The molecule has 1 fully saturated rings. The first-order chi connectivity index (χ1) is 18.2. The zero-order chi connectivity index (χ0) is 27.0. The number of Topliss-reactive ketones (excluding diaryl/α,β-unsaturated/α-hetero) is 1. The number of ketones is 1. The van der Waals surface area contributed by atoms with Gasteiger partial charge >= 0.3 is 0 Å². The largest absolute Gasteiger partial charge is 0.505 e. The Bertz CT molecular complexity index is 1540. The van der Waals surface area contributed by atoms with Gasteiger partial charge in [0, 0.05) is 50.2 Å². The van der Waals surface area contributed by atoms with Crippen LogP contribution in [0.1, 0.15) is 52.6 Å². The summed E-state index contributed by atoms with van der Waals surface area (Å²) in [4.78, 5) is 25.5. The van der Waals surface area contributed by atoms with Crippen molar-refractivity contribution in [2.45, 2.75) is 39.1 Å². The average Bonchev–Trinajstić information content (AvgIpc) is 3.49. The van der Waals surface area contributed by atoms with Crippen LogP contribution < -0.4 is 5.32 Å². The fraction of sp³-hybridized carbons (Fsp3) is 0.296. The molecule has 0 radical (unpaired) electrons. The van der Waals surface area contributed by atoms with Crippen LogP contribution in [0.4, 0.5) is 14.5 Å². The van der Waals surface area contributed by atoms with Crippen molar-refractivity contribution in [1.29, 1.82) is 0 Å². The highest BCUT2D eigenvalue weighted by Gasteiger charge is 2.23. The fourth-order valence-corrected chi connectivity index (χ4v) is 4.51. The zero-order valence-corrected chi connectivity index (χ0v) is 20.8. The van der Waals surface area contributed by atoms with Gasteiger partial charge in [0.2, 0.25) is 0 Å². The molecule has 0 saturated carbocycles. The van der Waals surface area contributed by atoms with Gasteiger partial charge in [0.25, 0.3) is 5.91 Å². The molecule has 198 valence electrons. The number of ether oxygens (including phenoxy) is 2. The number of carbonyl (C=O) groups excluding carboxylic acids is 2. The summed E-state index contributed by atoms with van der Waals surface area (Å²) in [6.45, 7) is 2.01. The highest BCUT2D eigenvalue weighted by Crippen LogP contribution is 2.32. The number of amides is 1. The zero-order valence-electron chi connectivity index (χ0n) is 20.8. The first-order valence-corrected chi connectivity index (χ1v) is 12.1. The molecule has 9 nitrogen and oxygen atoms in total. The lowest BCUT2D eigenvalue weighted by molar-refractivity contribution is -0.168. The van der Waals surface area contributed by atoms with Gasteiger partial charge in [0.1, 0.15) is 0 Å². The minimum atomic E-state index is -0.954. The van der Waals surface area contributed by atoms with Gasteiger partial charge < -0.3 is 24.3 Å². The summed E-state index contributed by atoms with van der Waals surface area (Å²) < 4.78 is 43.9. The Morgan fingerprint density at radius 1 is 1.21 bits per heavy atom. The number of fused-ring (bicyclic) bond motifs is 1. The average molecular weight is 525 g/mol. The van der Waals surface area contributed by atoms with Gasteiger partial charge in [0.05, 0.1) is 35.3 Å². The minimum absolute atomic E-state index is 0.0370. The summed E-state index contributed by atoms with van der Waals surface area (Å²) in [6.07, 6.45) is 6.44. The molecule has 1 saturated heterocycles. The second kappa shape index (κ2) is 10.3. The number of hydrogen-bond acceptors (Lipinski definition) is 6. The molecule has 4 heterocycles. The predicted octanol–water partition coefficient (Wildman–Crippen LogP) is 4.82. The standard InChI is InChI=1S/C27H26F2N4O5/c1-15(34)22-9-19(23-10-24(35)20(28)13-33(22)23)27(36)31-21-8-16(14-38-25-5-3-4-6-37-25)7-18(26(21)29)17-11-30-32(2)12-17/h7-13,25,35H,3-6,14H2,1-2H3,(H,31,36). The van der Waals surface area contributed by atoms with Gasteiger partial charge in [-0.1, -0.05) is 0 Å². The van der Waals surface area contributed by atoms with Crippen molar-refractivity contribution >= 4 is 22.9 Å². The number of hydrogen-bond donors (Lipinski definition) is 2. The molecular weight excluding hydrogens is 498 g/mol. The van der Waals surface area contributed by atoms with E-state index in [0.717, 1.165) is 31.5 Å². The Balaban J connectivity index is 1.51. The molecule has 1 aliphatic heterocycles. The summed E-state index contributed by atoms with van der Waals surface area (Å²) in [5.41, 5.74) is 1.29. The maximum Gasteiger partial charge on any atom is 0.257 e. The highest BCUT2D eigenvalue weighted by atomic mass is 19.1. The number of carbonyl (C=O) groups is 2. The molecule has 1 amide bonds. The molecule has 38 heavy (non-hydrogen) atoms. The Hall–Kier alpha value is -4.09. The van der Waals surface area contributed by atoms with Crippen LogP contribution in [-0.4, -0.2) is 43.9 Å².